The van der Waals surface area contributed by atoms with Crippen molar-refractivity contribution in [1.29, 1.82) is 0 Å². The summed E-state index contributed by atoms with van der Waals surface area (Å²) in [5.41, 5.74) is 3.83. The van der Waals surface area contributed by atoms with Crippen LogP contribution in [0, 0.1) is 17.0 Å². The minimum absolute atomic E-state index is 0. The molecular formula is C21H24IN5O3. The van der Waals surface area contributed by atoms with Gasteiger partial charge in [-0.1, -0.05) is 29.8 Å². The molecule has 0 unspecified atom stereocenters. The van der Waals surface area contributed by atoms with Gasteiger partial charge < -0.3 is 15.1 Å². The van der Waals surface area contributed by atoms with Crippen LogP contribution in [0.5, 0.6) is 0 Å². The molecule has 1 heterocycles. The van der Waals surface area contributed by atoms with Crippen molar-refractivity contribution in [2.75, 3.05) is 6.54 Å². The molecule has 0 fully saturated rings. The number of oxazole rings is 1. The molecule has 0 saturated carbocycles. The van der Waals surface area contributed by atoms with E-state index in [2.05, 4.69) is 20.6 Å². The highest BCUT2D eigenvalue weighted by Gasteiger charge is 2.08. The van der Waals surface area contributed by atoms with Crippen LogP contribution in [-0.2, 0) is 13.1 Å². The van der Waals surface area contributed by atoms with Crippen molar-refractivity contribution in [3.63, 3.8) is 0 Å². The maximum absolute atomic E-state index is 10.7. The molecule has 0 atom stereocenters. The fourth-order valence-electron chi connectivity index (χ4n) is 2.63. The van der Waals surface area contributed by atoms with E-state index >= 15 is 0 Å². The molecule has 0 spiro atoms. The average molecular weight is 521 g/mol. The number of nitro groups is 1. The Morgan fingerprint density at radius 1 is 1.13 bits per heavy atom. The lowest BCUT2D eigenvalue weighted by Crippen LogP contribution is -2.36. The summed E-state index contributed by atoms with van der Waals surface area (Å²) < 4.78 is 5.58. The molecule has 0 aliphatic rings. The first kappa shape index (κ1) is 23.3. The third-order valence-electron chi connectivity index (χ3n) is 4.20. The van der Waals surface area contributed by atoms with Gasteiger partial charge in [-0.3, -0.25) is 10.1 Å². The highest BCUT2D eigenvalue weighted by Crippen LogP contribution is 2.19. The number of non-ortho nitro benzene ring substituents is 1. The van der Waals surface area contributed by atoms with Crippen LogP contribution >= 0.6 is 24.0 Å². The van der Waals surface area contributed by atoms with E-state index in [1.54, 1.807) is 18.4 Å². The minimum Gasteiger partial charge on any atom is -0.444 e. The Hall–Kier alpha value is -2.95. The molecule has 2 aromatic carbocycles. The number of nitrogens with zero attached hydrogens (tertiary/aromatic N) is 3. The molecule has 2 N–H and O–H groups in total. The SMILES string of the molecule is CCNC(=NCc1ccc([N+](=O)[O-])cc1)NCc1coc(-c2ccc(C)cc2)n1.I. The number of hydrogen-bond acceptors (Lipinski definition) is 5. The molecular weight excluding hydrogens is 497 g/mol. The second-order valence-corrected chi connectivity index (χ2v) is 6.48. The van der Waals surface area contributed by atoms with Crippen molar-refractivity contribution in [2.45, 2.75) is 26.9 Å². The number of benzene rings is 2. The van der Waals surface area contributed by atoms with Gasteiger partial charge in [0.25, 0.3) is 5.69 Å². The molecule has 30 heavy (non-hydrogen) atoms. The van der Waals surface area contributed by atoms with Gasteiger partial charge in [-0.05, 0) is 31.5 Å². The zero-order valence-electron chi connectivity index (χ0n) is 16.8. The normalized spacial score (nSPS) is 10.9. The summed E-state index contributed by atoms with van der Waals surface area (Å²) in [4.78, 5) is 19.3. The van der Waals surface area contributed by atoms with Crippen LogP contribution in [0.15, 0.2) is 64.2 Å². The summed E-state index contributed by atoms with van der Waals surface area (Å²) in [6.07, 6.45) is 1.63. The van der Waals surface area contributed by atoms with Gasteiger partial charge >= 0.3 is 0 Å². The predicted molar refractivity (Wildman–Crippen MR) is 127 cm³/mol. The average Bonchev–Trinajstić information content (AvgIpc) is 3.20. The van der Waals surface area contributed by atoms with E-state index in [1.165, 1.54) is 17.7 Å². The Bertz CT molecular complexity index is 985. The number of aryl methyl sites for hydroxylation is 1. The topological polar surface area (TPSA) is 106 Å². The van der Waals surface area contributed by atoms with Gasteiger partial charge in [-0.15, -0.1) is 24.0 Å². The first-order chi connectivity index (χ1) is 14.0. The van der Waals surface area contributed by atoms with E-state index in [1.807, 2.05) is 38.1 Å². The van der Waals surface area contributed by atoms with Gasteiger partial charge in [-0.2, -0.15) is 0 Å². The summed E-state index contributed by atoms with van der Waals surface area (Å²) >= 11 is 0. The van der Waals surface area contributed by atoms with E-state index < -0.39 is 4.92 Å². The van der Waals surface area contributed by atoms with Crippen molar-refractivity contribution in [3.8, 4) is 11.5 Å². The maximum Gasteiger partial charge on any atom is 0.269 e. The smallest absolute Gasteiger partial charge is 0.269 e. The lowest BCUT2D eigenvalue weighted by atomic mass is 10.1. The van der Waals surface area contributed by atoms with Crippen LogP contribution in [0.4, 0.5) is 5.69 Å². The first-order valence-electron chi connectivity index (χ1n) is 9.32. The Kier molecular flexibility index (Phi) is 8.78. The molecule has 0 amide bonds. The zero-order chi connectivity index (χ0) is 20.6. The minimum atomic E-state index is -0.415. The van der Waals surface area contributed by atoms with Crippen molar-refractivity contribution >= 4 is 35.6 Å². The van der Waals surface area contributed by atoms with Crippen LogP contribution in [-0.4, -0.2) is 22.4 Å². The fourth-order valence-corrected chi connectivity index (χ4v) is 2.63. The molecule has 0 bridgehead atoms. The van der Waals surface area contributed by atoms with Crippen molar-refractivity contribution in [3.05, 3.63) is 81.7 Å². The van der Waals surface area contributed by atoms with E-state index in [-0.39, 0.29) is 29.7 Å². The monoisotopic (exact) mass is 521 g/mol. The van der Waals surface area contributed by atoms with E-state index in [4.69, 9.17) is 4.42 Å². The molecule has 9 heteroatoms. The van der Waals surface area contributed by atoms with Gasteiger partial charge in [0.15, 0.2) is 5.96 Å². The highest BCUT2D eigenvalue weighted by atomic mass is 127. The first-order valence-corrected chi connectivity index (χ1v) is 9.32. The lowest BCUT2D eigenvalue weighted by Gasteiger charge is -2.10. The van der Waals surface area contributed by atoms with Crippen LogP contribution in [0.25, 0.3) is 11.5 Å². The van der Waals surface area contributed by atoms with Crippen molar-refractivity contribution in [2.24, 2.45) is 4.99 Å². The summed E-state index contributed by atoms with van der Waals surface area (Å²) in [6.45, 7) is 5.59. The van der Waals surface area contributed by atoms with Gasteiger partial charge in [0, 0.05) is 24.2 Å². The molecule has 0 radical (unpaired) electrons. The highest BCUT2D eigenvalue weighted by molar-refractivity contribution is 14.0. The van der Waals surface area contributed by atoms with E-state index in [9.17, 15) is 10.1 Å². The van der Waals surface area contributed by atoms with Crippen LogP contribution in [0.2, 0.25) is 0 Å². The number of halogens is 1. The number of nitro benzene ring substituents is 1. The molecule has 3 rings (SSSR count). The number of aliphatic imine (C=N–C) groups is 1. The number of aromatic nitrogens is 1. The summed E-state index contributed by atoms with van der Waals surface area (Å²) in [7, 11) is 0. The summed E-state index contributed by atoms with van der Waals surface area (Å²) in [5.74, 6) is 1.21. The van der Waals surface area contributed by atoms with Crippen molar-refractivity contribution in [1.82, 2.24) is 15.6 Å². The summed E-state index contributed by atoms with van der Waals surface area (Å²) in [6, 6.07) is 14.4. The lowest BCUT2D eigenvalue weighted by molar-refractivity contribution is -0.384. The van der Waals surface area contributed by atoms with Gasteiger partial charge in [-0.25, -0.2) is 9.98 Å². The van der Waals surface area contributed by atoms with Gasteiger partial charge in [0.1, 0.15) is 6.26 Å². The second kappa shape index (κ2) is 11.3. The number of guanidine groups is 1. The number of hydrogen-bond donors (Lipinski definition) is 2. The molecule has 0 aliphatic carbocycles. The maximum atomic E-state index is 10.7. The Morgan fingerprint density at radius 3 is 2.47 bits per heavy atom. The van der Waals surface area contributed by atoms with Crippen molar-refractivity contribution < 1.29 is 9.34 Å². The van der Waals surface area contributed by atoms with Gasteiger partial charge in [0.05, 0.1) is 23.7 Å². The van der Waals surface area contributed by atoms with E-state index in [0.717, 1.165) is 16.8 Å². The standard InChI is InChI=1S/C21H23N5O3.HI/c1-3-22-21(23-12-16-6-10-19(11-7-16)26(27)28)24-13-18-14-29-20(25-18)17-8-4-15(2)5-9-17;/h4-11,14H,3,12-13H2,1-2H3,(H2,22,23,24);1H. The third-order valence-corrected chi connectivity index (χ3v) is 4.20. The van der Waals surface area contributed by atoms with Crippen LogP contribution in [0.1, 0.15) is 23.7 Å². The molecule has 0 aliphatic heterocycles. The van der Waals surface area contributed by atoms with E-state index in [0.29, 0.717) is 31.5 Å². The van der Waals surface area contributed by atoms with Gasteiger partial charge in [0.2, 0.25) is 5.89 Å². The second-order valence-electron chi connectivity index (χ2n) is 6.48. The largest absolute Gasteiger partial charge is 0.444 e. The molecule has 158 valence electrons. The van der Waals surface area contributed by atoms with Crippen LogP contribution < -0.4 is 10.6 Å². The molecule has 3 aromatic rings. The zero-order valence-corrected chi connectivity index (χ0v) is 19.1. The summed E-state index contributed by atoms with van der Waals surface area (Å²) in [5, 5.41) is 17.1. The number of nitrogens with one attached hydrogen (secondary N) is 2. The molecule has 0 saturated heterocycles. The Labute approximate surface area is 192 Å². The fraction of sp³-hybridized carbons (Fsp3) is 0.238. The van der Waals surface area contributed by atoms with Crippen LogP contribution in [0.3, 0.4) is 0 Å². The predicted octanol–water partition coefficient (Wildman–Crippen LogP) is 4.43. The Morgan fingerprint density at radius 2 is 1.83 bits per heavy atom. The quantitative estimate of drug-likeness (QED) is 0.157. The molecule has 8 nitrogen and oxygen atoms in total. The number of rotatable bonds is 7. The Balaban J connectivity index is 0.00000320. The molecule has 1 aromatic heterocycles. The third kappa shape index (κ3) is 6.55.